The number of hydrogen-bond donors (Lipinski definition) is 1. The lowest BCUT2D eigenvalue weighted by Crippen LogP contribution is -2.44. The SMILES string of the molecule is CC(C)[C@@H](CCN)N(C)C(=O)OC(C)(C)C. The van der Waals surface area contributed by atoms with Gasteiger partial charge in [-0.3, -0.25) is 0 Å². The molecule has 0 radical (unpaired) electrons. The summed E-state index contributed by atoms with van der Waals surface area (Å²) in [5.74, 6) is 0.376. The molecule has 0 unspecified atom stereocenters. The molecule has 16 heavy (non-hydrogen) atoms. The molecule has 0 aromatic rings. The van der Waals surface area contributed by atoms with Crippen molar-refractivity contribution >= 4 is 6.09 Å². The van der Waals surface area contributed by atoms with Crippen molar-refractivity contribution in [2.45, 2.75) is 52.7 Å². The van der Waals surface area contributed by atoms with Crippen molar-refractivity contribution in [3.63, 3.8) is 0 Å². The summed E-state index contributed by atoms with van der Waals surface area (Å²) in [5.41, 5.74) is 5.10. The number of carbonyl (C=O) groups is 1. The third-order valence-electron chi connectivity index (χ3n) is 2.41. The number of nitrogens with zero attached hydrogens (tertiary/aromatic N) is 1. The van der Waals surface area contributed by atoms with E-state index >= 15 is 0 Å². The van der Waals surface area contributed by atoms with Crippen LogP contribution in [-0.4, -0.2) is 36.2 Å². The van der Waals surface area contributed by atoms with E-state index in [4.69, 9.17) is 10.5 Å². The lowest BCUT2D eigenvalue weighted by molar-refractivity contribution is 0.0172. The van der Waals surface area contributed by atoms with Gasteiger partial charge < -0.3 is 15.4 Å². The molecule has 0 aromatic carbocycles. The molecule has 0 aromatic heterocycles. The van der Waals surface area contributed by atoms with Gasteiger partial charge in [-0.2, -0.15) is 0 Å². The summed E-state index contributed by atoms with van der Waals surface area (Å²) in [6.07, 6.45) is 0.521. The highest BCUT2D eigenvalue weighted by Gasteiger charge is 2.26. The fourth-order valence-electron chi connectivity index (χ4n) is 1.61. The summed E-state index contributed by atoms with van der Waals surface area (Å²) in [7, 11) is 1.77. The van der Waals surface area contributed by atoms with Gasteiger partial charge in [-0.05, 0) is 39.7 Å². The Labute approximate surface area is 99.1 Å². The standard InChI is InChI=1S/C12H26N2O2/c1-9(2)10(7-8-13)14(6)11(15)16-12(3,4)5/h9-10H,7-8,13H2,1-6H3/t10-/m1/s1. The molecular weight excluding hydrogens is 204 g/mol. The second-order valence-electron chi connectivity index (χ2n) is 5.48. The highest BCUT2D eigenvalue weighted by atomic mass is 16.6. The third kappa shape index (κ3) is 5.35. The molecule has 0 rings (SSSR count). The number of amides is 1. The number of ether oxygens (including phenoxy) is 1. The lowest BCUT2D eigenvalue weighted by Gasteiger charge is -2.32. The molecule has 0 fully saturated rings. The maximum absolute atomic E-state index is 11.8. The van der Waals surface area contributed by atoms with Gasteiger partial charge in [-0.15, -0.1) is 0 Å². The Hall–Kier alpha value is -0.770. The molecule has 0 aliphatic rings. The molecule has 0 aliphatic heterocycles. The number of rotatable bonds is 4. The first-order valence-electron chi connectivity index (χ1n) is 5.85. The second kappa shape index (κ2) is 6.09. The highest BCUT2D eigenvalue weighted by Crippen LogP contribution is 2.16. The Bertz CT molecular complexity index is 222. The van der Waals surface area contributed by atoms with Crippen LogP contribution in [0.4, 0.5) is 4.79 Å². The Morgan fingerprint density at radius 3 is 2.19 bits per heavy atom. The van der Waals surface area contributed by atoms with E-state index in [0.717, 1.165) is 6.42 Å². The largest absolute Gasteiger partial charge is 0.444 e. The predicted molar refractivity (Wildman–Crippen MR) is 66.3 cm³/mol. The molecule has 96 valence electrons. The van der Waals surface area contributed by atoms with Crippen molar-refractivity contribution in [1.29, 1.82) is 0 Å². The van der Waals surface area contributed by atoms with Crippen LogP contribution in [-0.2, 0) is 4.74 Å². The topological polar surface area (TPSA) is 55.6 Å². The Morgan fingerprint density at radius 1 is 1.38 bits per heavy atom. The van der Waals surface area contributed by atoms with Crippen molar-refractivity contribution < 1.29 is 9.53 Å². The maximum Gasteiger partial charge on any atom is 0.410 e. The molecule has 0 heterocycles. The zero-order valence-corrected chi connectivity index (χ0v) is 11.4. The first kappa shape index (κ1) is 15.2. The van der Waals surface area contributed by atoms with Gasteiger partial charge in [0.15, 0.2) is 0 Å². The summed E-state index contributed by atoms with van der Waals surface area (Å²) in [6, 6.07) is 0.139. The van der Waals surface area contributed by atoms with E-state index in [1.165, 1.54) is 0 Å². The molecule has 4 heteroatoms. The van der Waals surface area contributed by atoms with Crippen LogP contribution in [0.15, 0.2) is 0 Å². The fourth-order valence-corrected chi connectivity index (χ4v) is 1.61. The zero-order chi connectivity index (χ0) is 12.9. The van der Waals surface area contributed by atoms with Gasteiger partial charge in [0.25, 0.3) is 0 Å². The Kier molecular flexibility index (Phi) is 5.79. The minimum atomic E-state index is -0.449. The quantitative estimate of drug-likeness (QED) is 0.805. The van der Waals surface area contributed by atoms with Crippen LogP contribution >= 0.6 is 0 Å². The molecule has 1 atom stereocenters. The summed E-state index contributed by atoms with van der Waals surface area (Å²) in [4.78, 5) is 13.5. The van der Waals surface area contributed by atoms with Crippen LogP contribution in [0, 0.1) is 5.92 Å². The van der Waals surface area contributed by atoms with E-state index in [1.807, 2.05) is 20.8 Å². The summed E-state index contributed by atoms with van der Waals surface area (Å²) < 4.78 is 5.32. The third-order valence-corrected chi connectivity index (χ3v) is 2.41. The van der Waals surface area contributed by atoms with E-state index < -0.39 is 5.60 Å². The van der Waals surface area contributed by atoms with Gasteiger partial charge in [0.05, 0.1) is 0 Å². The minimum Gasteiger partial charge on any atom is -0.444 e. The van der Waals surface area contributed by atoms with E-state index in [9.17, 15) is 4.79 Å². The first-order valence-corrected chi connectivity index (χ1v) is 5.85. The normalized spacial score (nSPS) is 13.8. The van der Waals surface area contributed by atoms with Gasteiger partial charge in [-0.1, -0.05) is 13.8 Å². The van der Waals surface area contributed by atoms with Crippen molar-refractivity contribution in [3.8, 4) is 0 Å². The van der Waals surface area contributed by atoms with Gasteiger partial charge >= 0.3 is 6.09 Å². The van der Waals surface area contributed by atoms with E-state index in [-0.39, 0.29) is 12.1 Å². The van der Waals surface area contributed by atoms with Crippen LogP contribution in [0.2, 0.25) is 0 Å². The molecule has 0 aliphatic carbocycles. The van der Waals surface area contributed by atoms with E-state index in [0.29, 0.717) is 12.5 Å². The zero-order valence-electron chi connectivity index (χ0n) is 11.4. The van der Waals surface area contributed by atoms with Gasteiger partial charge in [-0.25, -0.2) is 4.79 Å². The number of carbonyl (C=O) groups excluding carboxylic acids is 1. The van der Waals surface area contributed by atoms with Crippen molar-refractivity contribution in [2.75, 3.05) is 13.6 Å². The Balaban J connectivity index is 4.49. The summed E-state index contributed by atoms with van der Waals surface area (Å²) in [5, 5.41) is 0. The second-order valence-corrected chi connectivity index (χ2v) is 5.48. The monoisotopic (exact) mass is 230 g/mol. The van der Waals surface area contributed by atoms with E-state index in [2.05, 4.69) is 13.8 Å². The smallest absolute Gasteiger partial charge is 0.410 e. The molecule has 4 nitrogen and oxygen atoms in total. The lowest BCUT2D eigenvalue weighted by atomic mass is 10.00. The highest BCUT2D eigenvalue weighted by molar-refractivity contribution is 5.68. The molecule has 0 spiro atoms. The van der Waals surface area contributed by atoms with Crippen LogP contribution in [0.3, 0.4) is 0 Å². The average molecular weight is 230 g/mol. The number of hydrogen-bond acceptors (Lipinski definition) is 3. The minimum absolute atomic E-state index is 0.139. The summed E-state index contributed by atoms with van der Waals surface area (Å²) in [6.45, 7) is 10.3. The molecular formula is C12H26N2O2. The van der Waals surface area contributed by atoms with Crippen LogP contribution in [0.1, 0.15) is 41.0 Å². The first-order chi connectivity index (χ1) is 7.19. The predicted octanol–water partition coefficient (Wildman–Crippen LogP) is 2.23. The summed E-state index contributed by atoms with van der Waals surface area (Å²) >= 11 is 0. The van der Waals surface area contributed by atoms with Gasteiger partial charge in [0.2, 0.25) is 0 Å². The molecule has 1 amide bonds. The molecule has 0 saturated heterocycles. The molecule has 2 N–H and O–H groups in total. The van der Waals surface area contributed by atoms with Crippen LogP contribution < -0.4 is 5.73 Å². The van der Waals surface area contributed by atoms with E-state index in [1.54, 1.807) is 11.9 Å². The Morgan fingerprint density at radius 2 is 1.88 bits per heavy atom. The van der Waals surface area contributed by atoms with Crippen molar-refractivity contribution in [1.82, 2.24) is 4.90 Å². The molecule has 0 saturated carbocycles. The molecule has 0 bridgehead atoms. The fraction of sp³-hybridized carbons (Fsp3) is 0.917. The average Bonchev–Trinajstić information content (AvgIpc) is 2.09. The van der Waals surface area contributed by atoms with Crippen molar-refractivity contribution in [2.24, 2.45) is 11.7 Å². The van der Waals surface area contributed by atoms with Gasteiger partial charge in [0, 0.05) is 13.1 Å². The maximum atomic E-state index is 11.8. The van der Waals surface area contributed by atoms with Crippen LogP contribution in [0.5, 0.6) is 0 Å². The van der Waals surface area contributed by atoms with Gasteiger partial charge in [0.1, 0.15) is 5.60 Å². The number of nitrogens with two attached hydrogens (primary N) is 1. The van der Waals surface area contributed by atoms with Crippen molar-refractivity contribution in [3.05, 3.63) is 0 Å². The van der Waals surface area contributed by atoms with Crippen LogP contribution in [0.25, 0.3) is 0 Å².